The summed E-state index contributed by atoms with van der Waals surface area (Å²) >= 11 is 0. The lowest BCUT2D eigenvalue weighted by Gasteiger charge is -2.36. The van der Waals surface area contributed by atoms with Crippen molar-refractivity contribution >= 4 is 35.8 Å². The van der Waals surface area contributed by atoms with E-state index in [-0.39, 0.29) is 29.9 Å². The molecule has 1 aromatic heterocycles. The molecule has 3 rings (SSSR count). The van der Waals surface area contributed by atoms with Gasteiger partial charge < -0.3 is 15.1 Å². The van der Waals surface area contributed by atoms with Gasteiger partial charge in [0, 0.05) is 52.0 Å². The fourth-order valence-corrected chi connectivity index (χ4v) is 3.25. The van der Waals surface area contributed by atoms with E-state index in [9.17, 15) is 4.79 Å². The zero-order chi connectivity index (χ0) is 19.1. The first kappa shape index (κ1) is 22.2. The van der Waals surface area contributed by atoms with Crippen LogP contribution in [0.4, 0.5) is 0 Å². The van der Waals surface area contributed by atoms with E-state index in [1.54, 1.807) is 13.1 Å². The fraction of sp³-hybridized carbons (Fsp3) is 0.450. The minimum atomic E-state index is 0. The SMILES string of the molecule is CCNC(=NCc1ccccc1Cn1cccn1)N1CCN(C(C)=O)CC1.I. The number of rotatable bonds is 5. The molecule has 28 heavy (non-hydrogen) atoms. The maximum absolute atomic E-state index is 11.5. The summed E-state index contributed by atoms with van der Waals surface area (Å²) < 4.78 is 1.93. The van der Waals surface area contributed by atoms with E-state index >= 15 is 0 Å². The number of carbonyl (C=O) groups excluding carboxylic acids is 1. The van der Waals surface area contributed by atoms with Gasteiger partial charge in [-0.2, -0.15) is 5.10 Å². The summed E-state index contributed by atoms with van der Waals surface area (Å²) in [6, 6.07) is 10.3. The Morgan fingerprint density at radius 1 is 1.11 bits per heavy atom. The topological polar surface area (TPSA) is 65.8 Å². The van der Waals surface area contributed by atoms with Gasteiger partial charge in [-0.05, 0) is 24.1 Å². The Kier molecular flexibility index (Phi) is 8.75. The summed E-state index contributed by atoms with van der Waals surface area (Å²) in [6.07, 6.45) is 3.77. The Bertz CT molecular complexity index is 769. The first-order valence-corrected chi connectivity index (χ1v) is 9.50. The normalized spacial score (nSPS) is 14.6. The number of hydrogen-bond acceptors (Lipinski definition) is 3. The van der Waals surface area contributed by atoms with Crippen molar-refractivity contribution in [1.29, 1.82) is 0 Å². The van der Waals surface area contributed by atoms with Gasteiger partial charge in [-0.15, -0.1) is 24.0 Å². The molecule has 1 saturated heterocycles. The number of nitrogens with zero attached hydrogens (tertiary/aromatic N) is 5. The van der Waals surface area contributed by atoms with Crippen molar-refractivity contribution in [1.82, 2.24) is 24.9 Å². The zero-order valence-electron chi connectivity index (χ0n) is 16.5. The van der Waals surface area contributed by atoms with Gasteiger partial charge in [0.05, 0.1) is 13.1 Å². The largest absolute Gasteiger partial charge is 0.357 e. The third-order valence-corrected chi connectivity index (χ3v) is 4.77. The third-order valence-electron chi connectivity index (χ3n) is 4.77. The molecule has 7 nitrogen and oxygen atoms in total. The van der Waals surface area contributed by atoms with E-state index in [0.717, 1.165) is 45.2 Å². The van der Waals surface area contributed by atoms with Gasteiger partial charge in [0.2, 0.25) is 5.91 Å². The average Bonchev–Trinajstić information content (AvgIpc) is 3.19. The number of halogens is 1. The monoisotopic (exact) mass is 496 g/mol. The maximum atomic E-state index is 11.5. The number of carbonyl (C=O) groups is 1. The van der Waals surface area contributed by atoms with Gasteiger partial charge in [-0.1, -0.05) is 24.3 Å². The molecule has 1 fully saturated rings. The van der Waals surface area contributed by atoms with Crippen molar-refractivity contribution in [2.45, 2.75) is 26.9 Å². The second-order valence-electron chi connectivity index (χ2n) is 6.64. The van der Waals surface area contributed by atoms with Crippen LogP contribution in [0.15, 0.2) is 47.7 Å². The second kappa shape index (κ2) is 11.0. The number of aliphatic imine (C=N–C) groups is 1. The predicted molar refractivity (Wildman–Crippen MR) is 122 cm³/mol. The van der Waals surface area contributed by atoms with E-state index in [1.807, 2.05) is 21.8 Å². The van der Waals surface area contributed by atoms with Gasteiger partial charge in [-0.25, -0.2) is 4.99 Å². The minimum Gasteiger partial charge on any atom is -0.357 e. The van der Waals surface area contributed by atoms with Gasteiger partial charge >= 0.3 is 0 Å². The molecule has 0 bridgehead atoms. The van der Waals surface area contributed by atoms with Gasteiger partial charge in [0.15, 0.2) is 5.96 Å². The summed E-state index contributed by atoms with van der Waals surface area (Å²) in [6.45, 7) is 8.99. The summed E-state index contributed by atoms with van der Waals surface area (Å²) in [7, 11) is 0. The predicted octanol–water partition coefficient (Wildman–Crippen LogP) is 2.18. The van der Waals surface area contributed by atoms with Crippen LogP contribution < -0.4 is 5.32 Å². The van der Waals surface area contributed by atoms with Crippen molar-refractivity contribution in [3.63, 3.8) is 0 Å². The molecule has 0 radical (unpaired) electrons. The number of benzene rings is 1. The molecular formula is C20H29IN6O. The Labute approximate surface area is 183 Å². The van der Waals surface area contributed by atoms with E-state index in [1.165, 1.54) is 11.1 Å². The molecular weight excluding hydrogens is 467 g/mol. The molecule has 8 heteroatoms. The summed E-state index contributed by atoms with van der Waals surface area (Å²) in [4.78, 5) is 20.5. The molecule has 1 amide bonds. The average molecular weight is 496 g/mol. The van der Waals surface area contributed by atoms with Gasteiger partial charge in [0.1, 0.15) is 0 Å². The molecule has 0 aliphatic carbocycles. The van der Waals surface area contributed by atoms with Crippen molar-refractivity contribution in [3.05, 3.63) is 53.9 Å². The van der Waals surface area contributed by atoms with Crippen LogP contribution in [-0.2, 0) is 17.9 Å². The lowest BCUT2D eigenvalue weighted by molar-refractivity contribution is -0.130. The van der Waals surface area contributed by atoms with Gasteiger partial charge in [-0.3, -0.25) is 9.48 Å². The smallest absolute Gasteiger partial charge is 0.219 e. The molecule has 1 aliphatic heterocycles. The van der Waals surface area contributed by atoms with Crippen LogP contribution in [0.2, 0.25) is 0 Å². The molecule has 2 heterocycles. The molecule has 0 atom stereocenters. The first-order valence-electron chi connectivity index (χ1n) is 9.50. The molecule has 0 spiro atoms. The highest BCUT2D eigenvalue weighted by molar-refractivity contribution is 14.0. The van der Waals surface area contributed by atoms with E-state index < -0.39 is 0 Å². The van der Waals surface area contributed by atoms with Crippen LogP contribution in [-0.4, -0.2) is 64.2 Å². The highest BCUT2D eigenvalue weighted by Gasteiger charge is 2.20. The van der Waals surface area contributed by atoms with E-state index in [2.05, 4.69) is 46.5 Å². The van der Waals surface area contributed by atoms with Crippen LogP contribution in [0.25, 0.3) is 0 Å². The Hall–Kier alpha value is -2.10. The summed E-state index contributed by atoms with van der Waals surface area (Å²) in [5.41, 5.74) is 2.42. The first-order chi connectivity index (χ1) is 13.2. The Balaban J connectivity index is 0.00000280. The van der Waals surface area contributed by atoms with Crippen LogP contribution in [0.5, 0.6) is 0 Å². The molecule has 1 aliphatic rings. The lowest BCUT2D eigenvalue weighted by atomic mass is 10.1. The van der Waals surface area contributed by atoms with E-state index in [4.69, 9.17) is 4.99 Å². The van der Waals surface area contributed by atoms with Crippen LogP contribution in [0, 0.1) is 0 Å². The molecule has 1 N–H and O–H groups in total. The second-order valence-corrected chi connectivity index (χ2v) is 6.64. The fourth-order valence-electron chi connectivity index (χ4n) is 3.25. The maximum Gasteiger partial charge on any atom is 0.219 e. The molecule has 152 valence electrons. The third kappa shape index (κ3) is 5.95. The van der Waals surface area contributed by atoms with Crippen molar-refractivity contribution in [2.75, 3.05) is 32.7 Å². The molecule has 1 aromatic carbocycles. The highest BCUT2D eigenvalue weighted by Crippen LogP contribution is 2.12. The van der Waals surface area contributed by atoms with Crippen molar-refractivity contribution in [2.24, 2.45) is 4.99 Å². The van der Waals surface area contributed by atoms with Gasteiger partial charge in [0.25, 0.3) is 0 Å². The number of nitrogens with one attached hydrogen (secondary N) is 1. The molecule has 2 aromatic rings. The van der Waals surface area contributed by atoms with Crippen LogP contribution in [0.3, 0.4) is 0 Å². The van der Waals surface area contributed by atoms with Crippen molar-refractivity contribution in [3.8, 4) is 0 Å². The summed E-state index contributed by atoms with van der Waals surface area (Å²) in [5.74, 6) is 1.05. The van der Waals surface area contributed by atoms with Crippen LogP contribution in [0.1, 0.15) is 25.0 Å². The number of aromatic nitrogens is 2. The lowest BCUT2D eigenvalue weighted by Crippen LogP contribution is -2.53. The van der Waals surface area contributed by atoms with E-state index in [0.29, 0.717) is 6.54 Å². The standard InChI is InChI=1S/C20H28N6O.HI/c1-3-21-20(25-13-11-24(12-14-25)17(2)27)22-15-18-7-4-5-8-19(18)16-26-10-6-9-23-26;/h4-10H,3,11-16H2,1-2H3,(H,21,22);1H. The number of amides is 1. The molecule has 0 unspecified atom stereocenters. The number of hydrogen-bond donors (Lipinski definition) is 1. The van der Waals surface area contributed by atoms with Crippen molar-refractivity contribution < 1.29 is 4.79 Å². The quantitative estimate of drug-likeness (QED) is 0.392. The minimum absolute atomic E-state index is 0. The zero-order valence-corrected chi connectivity index (χ0v) is 18.9. The summed E-state index contributed by atoms with van der Waals surface area (Å²) in [5, 5.41) is 7.69. The highest BCUT2D eigenvalue weighted by atomic mass is 127. The van der Waals surface area contributed by atoms with Crippen LogP contribution >= 0.6 is 24.0 Å². The Morgan fingerprint density at radius 2 is 1.79 bits per heavy atom. The number of piperazine rings is 1. The molecule has 0 saturated carbocycles. The Morgan fingerprint density at radius 3 is 2.39 bits per heavy atom. The number of guanidine groups is 1.